The summed E-state index contributed by atoms with van der Waals surface area (Å²) in [6.45, 7) is -0.163. The van der Waals surface area contributed by atoms with Gasteiger partial charge in [-0.25, -0.2) is 0 Å². The van der Waals surface area contributed by atoms with Gasteiger partial charge in [0.05, 0.1) is 5.92 Å². The van der Waals surface area contributed by atoms with E-state index in [-0.39, 0.29) is 30.5 Å². The SMILES string of the molecule is NC1C2CCC(C2)C1C(=O)N(CC(=O)O)C1CC1. The van der Waals surface area contributed by atoms with Crippen molar-refractivity contribution in [3.8, 4) is 0 Å². The maximum atomic E-state index is 12.5. The summed E-state index contributed by atoms with van der Waals surface area (Å²) in [4.78, 5) is 25.0. The highest BCUT2D eigenvalue weighted by molar-refractivity contribution is 5.85. The van der Waals surface area contributed by atoms with Gasteiger partial charge in [-0.05, 0) is 43.9 Å². The molecule has 0 aromatic rings. The highest BCUT2D eigenvalue weighted by Crippen LogP contribution is 2.48. The van der Waals surface area contributed by atoms with Crippen LogP contribution in [0.5, 0.6) is 0 Å². The number of hydrogen-bond donors (Lipinski definition) is 2. The van der Waals surface area contributed by atoms with Crippen LogP contribution in [0.3, 0.4) is 0 Å². The summed E-state index contributed by atoms with van der Waals surface area (Å²) in [5, 5.41) is 8.92. The first-order chi connectivity index (χ1) is 8.58. The number of carbonyl (C=O) groups excluding carboxylic acids is 1. The number of carboxylic acid groups (broad SMARTS) is 1. The minimum atomic E-state index is -0.924. The van der Waals surface area contributed by atoms with Gasteiger partial charge in [0.1, 0.15) is 6.54 Å². The molecule has 0 radical (unpaired) electrons. The third-order valence-corrected chi connectivity index (χ3v) is 4.84. The van der Waals surface area contributed by atoms with E-state index in [1.165, 1.54) is 0 Å². The molecule has 1 amide bonds. The van der Waals surface area contributed by atoms with Crippen molar-refractivity contribution in [1.29, 1.82) is 0 Å². The van der Waals surface area contributed by atoms with Gasteiger partial charge in [0.25, 0.3) is 0 Å². The Hall–Kier alpha value is -1.10. The van der Waals surface area contributed by atoms with Crippen molar-refractivity contribution < 1.29 is 14.7 Å². The van der Waals surface area contributed by atoms with E-state index in [0.29, 0.717) is 11.8 Å². The smallest absolute Gasteiger partial charge is 0.323 e. The second-order valence-electron chi connectivity index (χ2n) is 6.03. The normalized spacial score (nSPS) is 37.8. The zero-order valence-corrected chi connectivity index (χ0v) is 10.4. The van der Waals surface area contributed by atoms with E-state index in [9.17, 15) is 9.59 Å². The molecule has 100 valence electrons. The van der Waals surface area contributed by atoms with Crippen LogP contribution in [0.2, 0.25) is 0 Å². The fraction of sp³-hybridized carbons (Fsp3) is 0.846. The van der Waals surface area contributed by atoms with Crippen molar-refractivity contribution in [1.82, 2.24) is 4.90 Å². The molecule has 0 aromatic carbocycles. The third kappa shape index (κ3) is 1.90. The molecule has 0 aliphatic heterocycles. The number of fused-ring (bicyclic) bond motifs is 2. The second-order valence-corrected chi connectivity index (χ2v) is 6.03. The van der Waals surface area contributed by atoms with E-state index < -0.39 is 5.97 Å². The minimum absolute atomic E-state index is 0.000370. The lowest BCUT2D eigenvalue weighted by atomic mass is 9.84. The zero-order valence-electron chi connectivity index (χ0n) is 10.4. The summed E-state index contributed by atoms with van der Waals surface area (Å²) in [5.41, 5.74) is 6.16. The lowest BCUT2D eigenvalue weighted by Gasteiger charge is -2.32. The van der Waals surface area contributed by atoms with Crippen molar-refractivity contribution in [3.05, 3.63) is 0 Å². The average molecular weight is 252 g/mol. The number of carbonyl (C=O) groups is 2. The number of amides is 1. The molecule has 4 unspecified atom stereocenters. The number of hydrogen-bond acceptors (Lipinski definition) is 3. The summed E-state index contributed by atoms with van der Waals surface area (Å²) in [7, 11) is 0. The fourth-order valence-electron chi connectivity index (χ4n) is 3.81. The van der Waals surface area contributed by atoms with E-state index in [2.05, 4.69) is 0 Å². The van der Waals surface area contributed by atoms with Crippen LogP contribution in [0, 0.1) is 17.8 Å². The molecule has 0 saturated heterocycles. The van der Waals surface area contributed by atoms with Crippen molar-refractivity contribution in [2.75, 3.05) is 6.54 Å². The quantitative estimate of drug-likeness (QED) is 0.760. The van der Waals surface area contributed by atoms with Gasteiger partial charge in [-0.2, -0.15) is 0 Å². The maximum Gasteiger partial charge on any atom is 0.323 e. The van der Waals surface area contributed by atoms with Gasteiger partial charge in [-0.1, -0.05) is 0 Å². The fourth-order valence-corrected chi connectivity index (χ4v) is 3.81. The van der Waals surface area contributed by atoms with Gasteiger partial charge in [-0.15, -0.1) is 0 Å². The Morgan fingerprint density at radius 1 is 1.17 bits per heavy atom. The molecule has 3 saturated carbocycles. The predicted molar refractivity (Wildman–Crippen MR) is 64.7 cm³/mol. The topological polar surface area (TPSA) is 83.6 Å². The van der Waals surface area contributed by atoms with Crippen LogP contribution in [0.1, 0.15) is 32.1 Å². The molecule has 5 nitrogen and oxygen atoms in total. The Balaban J connectivity index is 1.74. The van der Waals surface area contributed by atoms with Crippen LogP contribution in [0.4, 0.5) is 0 Å². The summed E-state index contributed by atoms with van der Waals surface area (Å²) < 4.78 is 0. The largest absolute Gasteiger partial charge is 0.480 e. The minimum Gasteiger partial charge on any atom is -0.480 e. The summed E-state index contributed by atoms with van der Waals surface area (Å²) in [6.07, 6.45) is 5.16. The number of nitrogens with two attached hydrogens (primary N) is 1. The van der Waals surface area contributed by atoms with Crippen LogP contribution in [0.25, 0.3) is 0 Å². The molecule has 0 heterocycles. The molecule has 18 heavy (non-hydrogen) atoms. The van der Waals surface area contributed by atoms with Crippen LogP contribution in [-0.4, -0.2) is 40.5 Å². The first kappa shape index (κ1) is 12.0. The molecule has 3 aliphatic carbocycles. The van der Waals surface area contributed by atoms with Crippen molar-refractivity contribution >= 4 is 11.9 Å². The van der Waals surface area contributed by atoms with E-state index >= 15 is 0 Å². The summed E-state index contributed by atoms with van der Waals surface area (Å²) in [5.74, 6) is -0.169. The Morgan fingerprint density at radius 3 is 2.33 bits per heavy atom. The van der Waals surface area contributed by atoms with Crippen LogP contribution in [0.15, 0.2) is 0 Å². The molecule has 3 aliphatic rings. The van der Waals surface area contributed by atoms with Crippen molar-refractivity contribution in [2.24, 2.45) is 23.5 Å². The van der Waals surface area contributed by atoms with E-state index in [4.69, 9.17) is 10.8 Å². The van der Waals surface area contributed by atoms with Gasteiger partial charge < -0.3 is 15.7 Å². The highest BCUT2D eigenvalue weighted by Gasteiger charge is 2.51. The molecule has 4 atom stereocenters. The number of carboxylic acids is 1. The number of aliphatic carboxylic acids is 1. The number of nitrogens with zero attached hydrogens (tertiary/aromatic N) is 1. The summed E-state index contributed by atoms with van der Waals surface area (Å²) >= 11 is 0. The Kier molecular flexibility index (Phi) is 2.81. The van der Waals surface area contributed by atoms with E-state index in [0.717, 1.165) is 32.1 Å². The molecule has 3 rings (SSSR count). The molecule has 0 spiro atoms. The summed E-state index contributed by atoms with van der Waals surface area (Å²) in [6, 6.07) is 0.103. The first-order valence-corrected chi connectivity index (χ1v) is 6.85. The molecule has 5 heteroatoms. The maximum absolute atomic E-state index is 12.5. The molecular weight excluding hydrogens is 232 g/mol. The Labute approximate surface area is 106 Å². The van der Waals surface area contributed by atoms with Crippen molar-refractivity contribution in [2.45, 2.75) is 44.2 Å². The number of rotatable bonds is 4. The van der Waals surface area contributed by atoms with Gasteiger partial charge in [0.2, 0.25) is 5.91 Å². The Bertz CT molecular complexity index is 378. The molecule has 0 aromatic heterocycles. The predicted octanol–water partition coefficient (Wildman–Crippen LogP) is 0.435. The molecule has 2 bridgehead atoms. The lowest BCUT2D eigenvalue weighted by molar-refractivity contribution is -0.148. The molecule has 3 fully saturated rings. The zero-order chi connectivity index (χ0) is 12.9. The van der Waals surface area contributed by atoms with Gasteiger partial charge in [-0.3, -0.25) is 9.59 Å². The third-order valence-electron chi connectivity index (χ3n) is 4.84. The lowest BCUT2D eigenvalue weighted by Crippen LogP contribution is -2.49. The molecular formula is C13H20N2O3. The monoisotopic (exact) mass is 252 g/mol. The van der Waals surface area contributed by atoms with E-state index in [1.807, 2.05) is 0 Å². The van der Waals surface area contributed by atoms with Crippen molar-refractivity contribution in [3.63, 3.8) is 0 Å². The highest BCUT2D eigenvalue weighted by atomic mass is 16.4. The standard InChI is InChI=1S/C13H20N2O3/c14-12-8-2-1-7(5-8)11(12)13(18)15(6-10(16)17)9-3-4-9/h7-9,11-12H,1-6,14H2,(H,16,17). The van der Waals surface area contributed by atoms with E-state index in [1.54, 1.807) is 4.90 Å². The van der Waals surface area contributed by atoms with Gasteiger partial charge in [0, 0.05) is 12.1 Å². The first-order valence-electron chi connectivity index (χ1n) is 6.85. The van der Waals surface area contributed by atoms with Crippen LogP contribution < -0.4 is 5.73 Å². The van der Waals surface area contributed by atoms with Crippen LogP contribution >= 0.6 is 0 Å². The van der Waals surface area contributed by atoms with Gasteiger partial charge >= 0.3 is 5.97 Å². The average Bonchev–Trinajstić information content (AvgIpc) is 2.97. The Morgan fingerprint density at radius 2 is 1.83 bits per heavy atom. The van der Waals surface area contributed by atoms with Crippen LogP contribution in [-0.2, 0) is 9.59 Å². The second kappa shape index (κ2) is 4.23. The molecule has 3 N–H and O–H groups in total. The van der Waals surface area contributed by atoms with Gasteiger partial charge in [0.15, 0.2) is 0 Å².